The molecule has 3 heteroatoms. The summed E-state index contributed by atoms with van der Waals surface area (Å²) in [6.07, 6.45) is 2.66. The first kappa shape index (κ1) is 14.4. The van der Waals surface area contributed by atoms with Gasteiger partial charge in [0.25, 0.3) is 0 Å². The Kier molecular flexibility index (Phi) is 4.83. The minimum Gasteiger partial charge on any atom is -0.492 e. The Morgan fingerprint density at radius 1 is 1.37 bits per heavy atom. The van der Waals surface area contributed by atoms with Crippen LogP contribution in [0.2, 0.25) is 0 Å². The summed E-state index contributed by atoms with van der Waals surface area (Å²) in [6, 6.07) is 8.44. The quantitative estimate of drug-likeness (QED) is 0.859. The minimum atomic E-state index is 0.142. The molecule has 0 saturated heterocycles. The first-order valence-electron chi connectivity index (χ1n) is 7.32. The fraction of sp³-hybridized carbons (Fsp3) is 0.625. The zero-order chi connectivity index (χ0) is 13.7. The molecule has 0 saturated carbocycles. The van der Waals surface area contributed by atoms with E-state index < -0.39 is 0 Å². The highest BCUT2D eigenvalue weighted by Crippen LogP contribution is 2.35. The van der Waals surface area contributed by atoms with Crippen LogP contribution in [0.15, 0.2) is 24.3 Å². The number of benzene rings is 1. The molecule has 1 aliphatic rings. The Morgan fingerprint density at radius 3 is 2.95 bits per heavy atom. The average molecular weight is 262 g/mol. The van der Waals surface area contributed by atoms with E-state index in [4.69, 9.17) is 4.74 Å². The van der Waals surface area contributed by atoms with Gasteiger partial charge in [-0.1, -0.05) is 39.0 Å². The van der Waals surface area contributed by atoms with Crippen molar-refractivity contribution in [2.45, 2.75) is 45.2 Å². The summed E-state index contributed by atoms with van der Waals surface area (Å²) < 4.78 is 5.94. The highest BCUT2D eigenvalue weighted by Gasteiger charge is 2.26. The van der Waals surface area contributed by atoms with E-state index in [0.29, 0.717) is 6.17 Å². The highest BCUT2D eigenvalue weighted by atomic mass is 16.5. The van der Waals surface area contributed by atoms with Gasteiger partial charge in [0, 0.05) is 6.54 Å². The van der Waals surface area contributed by atoms with Crippen molar-refractivity contribution in [1.29, 1.82) is 0 Å². The minimum absolute atomic E-state index is 0.142. The standard InChI is InChI=1S/C16H26N2O/c1-4-17-15-9-10-16(2,3)13-7-5-6-8-14(13)19-12-11-18-15/h5-8,15,17-18H,4,9-12H2,1-3H3. The highest BCUT2D eigenvalue weighted by molar-refractivity contribution is 5.38. The van der Waals surface area contributed by atoms with Crippen molar-refractivity contribution in [1.82, 2.24) is 10.6 Å². The van der Waals surface area contributed by atoms with Crippen molar-refractivity contribution >= 4 is 0 Å². The largest absolute Gasteiger partial charge is 0.492 e. The van der Waals surface area contributed by atoms with Crippen LogP contribution in [0.25, 0.3) is 0 Å². The van der Waals surface area contributed by atoms with Gasteiger partial charge in [-0.3, -0.25) is 5.32 Å². The van der Waals surface area contributed by atoms with Crippen molar-refractivity contribution in [2.75, 3.05) is 19.7 Å². The van der Waals surface area contributed by atoms with Crippen LogP contribution in [0.4, 0.5) is 0 Å². The zero-order valence-electron chi connectivity index (χ0n) is 12.3. The molecule has 3 nitrogen and oxygen atoms in total. The molecule has 0 radical (unpaired) electrons. The van der Waals surface area contributed by atoms with E-state index in [0.717, 1.165) is 38.3 Å². The van der Waals surface area contributed by atoms with Crippen LogP contribution in [-0.4, -0.2) is 25.9 Å². The van der Waals surface area contributed by atoms with Crippen LogP contribution < -0.4 is 15.4 Å². The summed E-state index contributed by atoms with van der Waals surface area (Å²) in [4.78, 5) is 0. The molecule has 0 aliphatic carbocycles. The van der Waals surface area contributed by atoms with Gasteiger partial charge in [-0.25, -0.2) is 0 Å². The van der Waals surface area contributed by atoms with Crippen LogP contribution in [0.5, 0.6) is 5.75 Å². The van der Waals surface area contributed by atoms with E-state index in [2.05, 4.69) is 55.7 Å². The number of rotatable bonds is 2. The molecule has 0 aromatic heterocycles. The van der Waals surface area contributed by atoms with Gasteiger partial charge >= 0.3 is 0 Å². The summed E-state index contributed by atoms with van der Waals surface area (Å²) in [5.41, 5.74) is 1.47. The second kappa shape index (κ2) is 6.40. The predicted octanol–water partition coefficient (Wildman–Crippen LogP) is 2.66. The Bertz CT molecular complexity index is 403. The fourth-order valence-electron chi connectivity index (χ4n) is 2.71. The molecule has 106 valence electrons. The second-order valence-corrected chi connectivity index (χ2v) is 5.83. The molecule has 1 unspecified atom stereocenters. The molecule has 0 bridgehead atoms. The molecule has 0 spiro atoms. The summed E-state index contributed by atoms with van der Waals surface area (Å²) in [6.45, 7) is 9.36. The van der Waals surface area contributed by atoms with Gasteiger partial charge in [0.2, 0.25) is 0 Å². The second-order valence-electron chi connectivity index (χ2n) is 5.83. The SMILES string of the molecule is CCNC1CCC(C)(C)c2ccccc2OCCN1. The molecule has 1 heterocycles. The molecular weight excluding hydrogens is 236 g/mol. The van der Waals surface area contributed by atoms with Crippen LogP contribution in [0, 0.1) is 0 Å². The van der Waals surface area contributed by atoms with Crippen molar-refractivity contribution in [3.05, 3.63) is 29.8 Å². The molecule has 1 aliphatic heterocycles. The van der Waals surface area contributed by atoms with E-state index in [1.165, 1.54) is 5.56 Å². The smallest absolute Gasteiger partial charge is 0.123 e. The van der Waals surface area contributed by atoms with Crippen molar-refractivity contribution < 1.29 is 4.74 Å². The lowest BCUT2D eigenvalue weighted by molar-refractivity contribution is 0.263. The third kappa shape index (κ3) is 3.71. The fourth-order valence-corrected chi connectivity index (χ4v) is 2.71. The molecule has 1 atom stereocenters. The summed E-state index contributed by atoms with van der Waals surface area (Å²) in [7, 11) is 0. The van der Waals surface area contributed by atoms with Gasteiger partial charge in [-0.15, -0.1) is 0 Å². The molecule has 1 aromatic rings. The Labute approximate surface area is 116 Å². The van der Waals surface area contributed by atoms with E-state index in [-0.39, 0.29) is 5.41 Å². The van der Waals surface area contributed by atoms with Crippen LogP contribution in [0.1, 0.15) is 39.2 Å². The maximum atomic E-state index is 5.94. The van der Waals surface area contributed by atoms with E-state index in [1.807, 2.05) is 0 Å². The van der Waals surface area contributed by atoms with E-state index in [9.17, 15) is 0 Å². The number of fused-ring (bicyclic) bond motifs is 1. The first-order chi connectivity index (χ1) is 9.13. The lowest BCUT2D eigenvalue weighted by atomic mass is 9.79. The first-order valence-corrected chi connectivity index (χ1v) is 7.32. The average Bonchev–Trinajstić information content (AvgIpc) is 2.40. The maximum absolute atomic E-state index is 5.94. The zero-order valence-corrected chi connectivity index (χ0v) is 12.3. The molecule has 2 N–H and O–H groups in total. The third-order valence-electron chi connectivity index (χ3n) is 3.88. The lowest BCUT2D eigenvalue weighted by Crippen LogP contribution is -2.45. The van der Waals surface area contributed by atoms with Gasteiger partial charge in [0.05, 0.1) is 6.17 Å². The van der Waals surface area contributed by atoms with Gasteiger partial charge < -0.3 is 10.1 Å². The normalized spacial score (nSPS) is 23.2. The Balaban J connectivity index is 2.19. The lowest BCUT2D eigenvalue weighted by Gasteiger charge is -2.31. The van der Waals surface area contributed by atoms with Gasteiger partial charge in [-0.05, 0) is 36.4 Å². The van der Waals surface area contributed by atoms with E-state index in [1.54, 1.807) is 0 Å². The number of hydrogen-bond donors (Lipinski definition) is 2. The molecule has 2 rings (SSSR count). The van der Waals surface area contributed by atoms with Gasteiger partial charge in [-0.2, -0.15) is 0 Å². The third-order valence-corrected chi connectivity index (χ3v) is 3.88. The van der Waals surface area contributed by atoms with E-state index >= 15 is 0 Å². The van der Waals surface area contributed by atoms with Crippen molar-refractivity contribution in [2.24, 2.45) is 0 Å². The maximum Gasteiger partial charge on any atom is 0.123 e. The number of nitrogens with one attached hydrogen (secondary N) is 2. The summed E-state index contributed by atoms with van der Waals surface area (Å²) >= 11 is 0. The molecule has 0 amide bonds. The monoisotopic (exact) mass is 262 g/mol. The van der Waals surface area contributed by atoms with Crippen LogP contribution in [-0.2, 0) is 5.41 Å². The molecular formula is C16H26N2O. The van der Waals surface area contributed by atoms with Crippen LogP contribution in [0.3, 0.4) is 0 Å². The topological polar surface area (TPSA) is 33.3 Å². The summed E-state index contributed by atoms with van der Waals surface area (Å²) in [5.74, 6) is 1.04. The van der Waals surface area contributed by atoms with Crippen molar-refractivity contribution in [3.63, 3.8) is 0 Å². The number of para-hydroxylation sites is 1. The molecule has 0 fully saturated rings. The summed E-state index contributed by atoms with van der Waals surface area (Å²) in [5, 5.41) is 7.02. The van der Waals surface area contributed by atoms with Gasteiger partial charge in [0.1, 0.15) is 12.4 Å². The number of ether oxygens (including phenoxy) is 1. The van der Waals surface area contributed by atoms with Crippen molar-refractivity contribution in [3.8, 4) is 5.75 Å². The Morgan fingerprint density at radius 2 is 2.16 bits per heavy atom. The van der Waals surface area contributed by atoms with Crippen LogP contribution >= 0.6 is 0 Å². The predicted molar refractivity (Wildman–Crippen MR) is 79.7 cm³/mol. The number of hydrogen-bond acceptors (Lipinski definition) is 3. The molecule has 19 heavy (non-hydrogen) atoms. The van der Waals surface area contributed by atoms with Gasteiger partial charge in [0.15, 0.2) is 0 Å². The Hall–Kier alpha value is -1.06. The molecule has 1 aromatic carbocycles.